The third-order valence-corrected chi connectivity index (χ3v) is 3.56. The van der Waals surface area contributed by atoms with Crippen LogP contribution in [0.25, 0.3) is 10.9 Å². The number of benzene rings is 1. The summed E-state index contributed by atoms with van der Waals surface area (Å²) in [6.45, 7) is 4.90. The highest BCUT2D eigenvalue weighted by atomic mass is 15.0. The first-order valence-electron chi connectivity index (χ1n) is 7.00. The van der Waals surface area contributed by atoms with Crippen molar-refractivity contribution in [3.63, 3.8) is 0 Å². The molecule has 0 bridgehead atoms. The Balaban J connectivity index is 1.61. The number of hydrogen-bond acceptors (Lipinski definition) is 2. The van der Waals surface area contributed by atoms with Gasteiger partial charge in [0.15, 0.2) is 0 Å². The molecule has 0 spiro atoms. The van der Waals surface area contributed by atoms with Crippen LogP contribution in [0.15, 0.2) is 54.7 Å². The topological polar surface area (TPSA) is 29.9 Å². The molecule has 3 rings (SSSR count). The van der Waals surface area contributed by atoms with E-state index in [4.69, 9.17) is 0 Å². The molecule has 0 aliphatic carbocycles. The lowest BCUT2D eigenvalue weighted by atomic mass is 10.2. The van der Waals surface area contributed by atoms with E-state index in [1.807, 2.05) is 24.4 Å². The minimum atomic E-state index is 0.819. The Morgan fingerprint density at radius 3 is 2.80 bits per heavy atom. The maximum Gasteiger partial charge on any atom is 0.0541 e. The molecule has 0 radical (unpaired) electrons. The van der Waals surface area contributed by atoms with Gasteiger partial charge in [0.1, 0.15) is 0 Å². The van der Waals surface area contributed by atoms with Crippen molar-refractivity contribution in [3.8, 4) is 0 Å². The molecular formula is C17H19N3. The van der Waals surface area contributed by atoms with Crippen LogP contribution in [0.1, 0.15) is 11.4 Å². The average molecular weight is 265 g/mol. The summed E-state index contributed by atoms with van der Waals surface area (Å²) < 4.78 is 2.36. The van der Waals surface area contributed by atoms with Crippen molar-refractivity contribution in [3.05, 3.63) is 66.1 Å². The summed E-state index contributed by atoms with van der Waals surface area (Å²) in [5.74, 6) is 0. The highest BCUT2D eigenvalue weighted by Gasteiger charge is 2.04. The Hall–Kier alpha value is -2.13. The van der Waals surface area contributed by atoms with E-state index in [1.165, 1.54) is 16.6 Å². The van der Waals surface area contributed by atoms with Gasteiger partial charge in [-0.05, 0) is 36.6 Å². The zero-order valence-electron chi connectivity index (χ0n) is 11.7. The van der Waals surface area contributed by atoms with E-state index in [9.17, 15) is 0 Å². The van der Waals surface area contributed by atoms with E-state index in [1.54, 1.807) is 0 Å². The minimum Gasteiger partial charge on any atom is -0.344 e. The number of nitrogens with one attached hydrogen (secondary N) is 1. The zero-order valence-corrected chi connectivity index (χ0v) is 11.7. The summed E-state index contributed by atoms with van der Waals surface area (Å²) in [4.78, 5) is 4.31. The Morgan fingerprint density at radius 1 is 1.10 bits per heavy atom. The predicted octanol–water partition coefficient (Wildman–Crippen LogP) is 3.13. The van der Waals surface area contributed by atoms with Gasteiger partial charge in [-0.2, -0.15) is 0 Å². The number of rotatable bonds is 5. The van der Waals surface area contributed by atoms with Gasteiger partial charge in [-0.25, -0.2) is 0 Å². The average Bonchev–Trinajstić information content (AvgIpc) is 2.80. The second-order valence-electron chi connectivity index (χ2n) is 4.99. The number of para-hydroxylation sites is 1. The van der Waals surface area contributed by atoms with Crippen molar-refractivity contribution >= 4 is 10.9 Å². The largest absolute Gasteiger partial charge is 0.344 e. The number of nitrogens with zero attached hydrogens (tertiary/aromatic N) is 2. The highest BCUT2D eigenvalue weighted by molar-refractivity contribution is 5.81. The van der Waals surface area contributed by atoms with Crippen molar-refractivity contribution in [2.45, 2.75) is 20.0 Å². The van der Waals surface area contributed by atoms with Gasteiger partial charge in [-0.1, -0.05) is 24.3 Å². The predicted molar refractivity (Wildman–Crippen MR) is 82.6 cm³/mol. The smallest absolute Gasteiger partial charge is 0.0541 e. The van der Waals surface area contributed by atoms with Crippen LogP contribution in [-0.2, 0) is 13.1 Å². The molecule has 102 valence electrons. The molecule has 0 unspecified atom stereocenters. The van der Waals surface area contributed by atoms with Crippen LogP contribution in [0.2, 0.25) is 0 Å². The fourth-order valence-electron chi connectivity index (χ4n) is 2.56. The first kappa shape index (κ1) is 12.9. The lowest BCUT2D eigenvalue weighted by molar-refractivity contribution is 0.596. The number of aryl methyl sites for hydroxylation is 1. The van der Waals surface area contributed by atoms with Crippen LogP contribution in [0.3, 0.4) is 0 Å². The van der Waals surface area contributed by atoms with Gasteiger partial charge >= 0.3 is 0 Å². The summed E-state index contributed by atoms with van der Waals surface area (Å²) in [6, 6.07) is 16.8. The van der Waals surface area contributed by atoms with E-state index >= 15 is 0 Å². The molecule has 20 heavy (non-hydrogen) atoms. The molecule has 0 saturated heterocycles. The molecule has 0 fully saturated rings. The van der Waals surface area contributed by atoms with Crippen molar-refractivity contribution in [2.75, 3.05) is 6.54 Å². The van der Waals surface area contributed by atoms with Crippen LogP contribution in [0.5, 0.6) is 0 Å². The van der Waals surface area contributed by atoms with Gasteiger partial charge in [0.25, 0.3) is 0 Å². The second-order valence-corrected chi connectivity index (χ2v) is 4.99. The third kappa shape index (κ3) is 2.73. The molecule has 1 aromatic carbocycles. The third-order valence-electron chi connectivity index (χ3n) is 3.56. The number of fused-ring (bicyclic) bond motifs is 1. The molecule has 3 nitrogen and oxygen atoms in total. The van der Waals surface area contributed by atoms with E-state index in [2.05, 4.69) is 52.1 Å². The normalized spacial score (nSPS) is 11.1. The molecule has 2 aromatic heterocycles. The van der Waals surface area contributed by atoms with Crippen LogP contribution in [0.4, 0.5) is 0 Å². The maximum absolute atomic E-state index is 4.31. The SMILES string of the molecule is Cc1cc2ccccc2n1CCNCc1ccccn1. The Morgan fingerprint density at radius 2 is 1.95 bits per heavy atom. The lowest BCUT2D eigenvalue weighted by Gasteiger charge is -2.09. The van der Waals surface area contributed by atoms with Crippen molar-refractivity contribution < 1.29 is 0 Å². The maximum atomic E-state index is 4.31. The van der Waals surface area contributed by atoms with Crippen molar-refractivity contribution in [1.29, 1.82) is 0 Å². The van der Waals surface area contributed by atoms with Gasteiger partial charge < -0.3 is 9.88 Å². The van der Waals surface area contributed by atoms with Crippen LogP contribution < -0.4 is 5.32 Å². The van der Waals surface area contributed by atoms with Gasteiger partial charge in [-0.3, -0.25) is 4.98 Å². The summed E-state index contributed by atoms with van der Waals surface area (Å²) in [7, 11) is 0. The molecule has 0 saturated carbocycles. The second kappa shape index (κ2) is 5.88. The number of aromatic nitrogens is 2. The van der Waals surface area contributed by atoms with Crippen LogP contribution in [-0.4, -0.2) is 16.1 Å². The summed E-state index contributed by atoms with van der Waals surface area (Å²) >= 11 is 0. The Bertz CT molecular complexity index is 686. The van der Waals surface area contributed by atoms with E-state index in [0.29, 0.717) is 0 Å². The molecule has 0 aliphatic rings. The highest BCUT2D eigenvalue weighted by Crippen LogP contribution is 2.18. The standard InChI is InChI=1S/C17H19N3/c1-14-12-15-6-2-3-8-17(15)20(14)11-10-18-13-16-7-4-5-9-19-16/h2-9,12,18H,10-11,13H2,1H3. The monoisotopic (exact) mass is 265 g/mol. The number of hydrogen-bond donors (Lipinski definition) is 1. The zero-order chi connectivity index (χ0) is 13.8. The van der Waals surface area contributed by atoms with E-state index in [-0.39, 0.29) is 0 Å². The molecule has 0 aliphatic heterocycles. The Kier molecular flexibility index (Phi) is 3.79. The molecule has 3 aromatic rings. The van der Waals surface area contributed by atoms with Gasteiger partial charge in [0, 0.05) is 37.0 Å². The first-order valence-corrected chi connectivity index (χ1v) is 7.00. The van der Waals surface area contributed by atoms with Crippen LogP contribution in [0, 0.1) is 6.92 Å². The first-order chi connectivity index (χ1) is 9.84. The summed E-state index contributed by atoms with van der Waals surface area (Å²) in [5, 5.41) is 4.76. The fourth-order valence-corrected chi connectivity index (χ4v) is 2.56. The van der Waals surface area contributed by atoms with Crippen LogP contribution >= 0.6 is 0 Å². The molecule has 3 heteroatoms. The van der Waals surface area contributed by atoms with Crippen molar-refractivity contribution in [1.82, 2.24) is 14.9 Å². The van der Waals surface area contributed by atoms with Gasteiger partial charge in [0.2, 0.25) is 0 Å². The Labute approximate surface area is 119 Å². The quantitative estimate of drug-likeness (QED) is 0.718. The molecule has 2 heterocycles. The van der Waals surface area contributed by atoms with E-state index in [0.717, 1.165) is 25.3 Å². The number of pyridine rings is 1. The molecule has 1 N–H and O–H groups in total. The summed E-state index contributed by atoms with van der Waals surface area (Å²) in [5.41, 5.74) is 3.71. The minimum absolute atomic E-state index is 0.819. The molecular weight excluding hydrogens is 246 g/mol. The van der Waals surface area contributed by atoms with Crippen molar-refractivity contribution in [2.24, 2.45) is 0 Å². The fraction of sp³-hybridized carbons (Fsp3) is 0.235. The molecule has 0 atom stereocenters. The lowest BCUT2D eigenvalue weighted by Crippen LogP contribution is -2.20. The van der Waals surface area contributed by atoms with E-state index < -0.39 is 0 Å². The summed E-state index contributed by atoms with van der Waals surface area (Å²) in [6.07, 6.45) is 1.83. The van der Waals surface area contributed by atoms with Gasteiger partial charge in [0.05, 0.1) is 5.69 Å². The molecule has 0 amide bonds. The van der Waals surface area contributed by atoms with Gasteiger partial charge in [-0.15, -0.1) is 0 Å².